The molecule has 0 saturated heterocycles. The Kier molecular flexibility index (Phi) is 3.93. The molecule has 0 aliphatic carbocycles. The minimum atomic E-state index is -0.177. The fraction of sp³-hybridized carbons (Fsp3) is 0.333. The second-order valence-corrected chi connectivity index (χ2v) is 5.86. The Morgan fingerprint density at radius 2 is 1.90 bits per heavy atom. The number of nitrogens with two attached hydrogens (primary N) is 1. The maximum Gasteiger partial charge on any atom is 0.128 e. The van der Waals surface area contributed by atoms with Crippen molar-refractivity contribution < 1.29 is 4.39 Å². The normalized spacial score (nSPS) is 19.2. The van der Waals surface area contributed by atoms with Gasteiger partial charge in [-0.1, -0.05) is 43.3 Å². The molecule has 3 heteroatoms. The molecule has 2 aromatic carbocycles. The van der Waals surface area contributed by atoms with Crippen molar-refractivity contribution in [2.75, 3.05) is 18.0 Å². The van der Waals surface area contributed by atoms with E-state index in [0.29, 0.717) is 18.0 Å². The molecule has 1 heterocycles. The molecule has 2 unspecified atom stereocenters. The fourth-order valence-corrected chi connectivity index (χ4v) is 3.30. The summed E-state index contributed by atoms with van der Waals surface area (Å²) in [6.07, 6.45) is 1.07. The van der Waals surface area contributed by atoms with E-state index in [-0.39, 0.29) is 11.9 Å². The van der Waals surface area contributed by atoms with Crippen molar-refractivity contribution in [2.24, 2.45) is 11.7 Å². The smallest absolute Gasteiger partial charge is 0.128 e. The maximum atomic E-state index is 14.2. The van der Waals surface area contributed by atoms with Crippen molar-refractivity contribution in [3.63, 3.8) is 0 Å². The van der Waals surface area contributed by atoms with Crippen LogP contribution < -0.4 is 10.6 Å². The topological polar surface area (TPSA) is 29.3 Å². The monoisotopic (exact) mass is 284 g/mol. The molecule has 110 valence electrons. The van der Waals surface area contributed by atoms with Crippen molar-refractivity contribution in [1.82, 2.24) is 0 Å². The summed E-state index contributed by atoms with van der Waals surface area (Å²) in [7, 11) is 0. The highest BCUT2D eigenvalue weighted by molar-refractivity contribution is 5.57. The van der Waals surface area contributed by atoms with Gasteiger partial charge in [0.2, 0.25) is 0 Å². The molecular weight excluding hydrogens is 263 g/mol. The molecule has 0 amide bonds. The molecule has 2 nitrogen and oxygen atoms in total. The van der Waals surface area contributed by atoms with Crippen LogP contribution in [0.3, 0.4) is 0 Å². The van der Waals surface area contributed by atoms with Crippen LogP contribution in [0, 0.1) is 11.7 Å². The summed E-state index contributed by atoms with van der Waals surface area (Å²) in [6, 6.07) is 15.2. The first-order chi connectivity index (χ1) is 10.2. The third kappa shape index (κ3) is 2.66. The molecule has 2 aromatic rings. The molecule has 0 spiro atoms. The second kappa shape index (κ2) is 5.86. The summed E-state index contributed by atoms with van der Waals surface area (Å²) >= 11 is 0. The van der Waals surface area contributed by atoms with E-state index in [1.165, 1.54) is 17.3 Å². The van der Waals surface area contributed by atoms with Crippen LogP contribution in [0.1, 0.15) is 24.1 Å². The highest BCUT2D eigenvalue weighted by Crippen LogP contribution is 2.36. The summed E-state index contributed by atoms with van der Waals surface area (Å²) in [5.41, 5.74) is 9.20. The van der Waals surface area contributed by atoms with Crippen LogP contribution in [0.2, 0.25) is 0 Å². The van der Waals surface area contributed by atoms with Crippen molar-refractivity contribution in [3.05, 3.63) is 65.5 Å². The van der Waals surface area contributed by atoms with Crippen molar-refractivity contribution in [1.29, 1.82) is 0 Å². The largest absolute Gasteiger partial charge is 0.363 e. The molecule has 0 radical (unpaired) electrons. The minimum Gasteiger partial charge on any atom is -0.363 e. The molecule has 3 rings (SSSR count). The van der Waals surface area contributed by atoms with Gasteiger partial charge < -0.3 is 10.6 Å². The van der Waals surface area contributed by atoms with Crippen LogP contribution >= 0.6 is 0 Å². The zero-order valence-electron chi connectivity index (χ0n) is 12.3. The van der Waals surface area contributed by atoms with Crippen molar-refractivity contribution in [3.8, 4) is 0 Å². The van der Waals surface area contributed by atoms with Gasteiger partial charge in [-0.15, -0.1) is 0 Å². The Labute approximate surface area is 125 Å². The Bertz CT molecular complexity index is 626. The number of fused-ring (bicyclic) bond motifs is 1. The predicted molar refractivity (Wildman–Crippen MR) is 84.9 cm³/mol. The van der Waals surface area contributed by atoms with Crippen LogP contribution in [0.5, 0.6) is 0 Å². The Balaban J connectivity index is 2.04. The first kappa shape index (κ1) is 14.1. The molecule has 1 aliphatic rings. The van der Waals surface area contributed by atoms with Gasteiger partial charge in [0, 0.05) is 24.3 Å². The van der Waals surface area contributed by atoms with E-state index in [9.17, 15) is 4.39 Å². The highest BCUT2D eigenvalue weighted by atomic mass is 19.1. The van der Waals surface area contributed by atoms with E-state index in [1.807, 2.05) is 18.2 Å². The number of hydrogen-bond donors (Lipinski definition) is 1. The summed E-state index contributed by atoms with van der Waals surface area (Å²) in [5, 5.41) is 0. The van der Waals surface area contributed by atoms with E-state index in [1.54, 1.807) is 6.07 Å². The number of anilines is 1. The molecule has 21 heavy (non-hydrogen) atoms. The summed E-state index contributed by atoms with van der Waals surface area (Å²) in [5.74, 6) is 0.365. The molecule has 2 N–H and O–H groups in total. The lowest BCUT2D eigenvalue weighted by Crippen LogP contribution is -2.40. The summed E-state index contributed by atoms with van der Waals surface area (Å²) < 4.78 is 14.2. The fourth-order valence-electron chi connectivity index (χ4n) is 3.30. The second-order valence-electron chi connectivity index (χ2n) is 5.86. The molecule has 0 aromatic heterocycles. The van der Waals surface area contributed by atoms with Crippen LogP contribution in [0.4, 0.5) is 10.1 Å². The molecule has 2 atom stereocenters. The lowest BCUT2D eigenvalue weighted by Gasteiger charge is -2.40. The quantitative estimate of drug-likeness (QED) is 0.934. The first-order valence-corrected chi connectivity index (χ1v) is 7.49. The number of halogens is 1. The Morgan fingerprint density at radius 3 is 2.67 bits per heavy atom. The Hall–Kier alpha value is -1.87. The average molecular weight is 284 g/mol. The number of rotatable bonds is 3. The van der Waals surface area contributed by atoms with E-state index < -0.39 is 0 Å². The number of nitrogens with zero attached hydrogens (tertiary/aromatic N) is 1. The van der Waals surface area contributed by atoms with Gasteiger partial charge in [-0.3, -0.25) is 0 Å². The van der Waals surface area contributed by atoms with Crippen LogP contribution in [-0.2, 0) is 6.42 Å². The first-order valence-electron chi connectivity index (χ1n) is 7.49. The molecular formula is C18H21FN2. The van der Waals surface area contributed by atoms with E-state index >= 15 is 0 Å². The van der Waals surface area contributed by atoms with Crippen LogP contribution in [0.25, 0.3) is 0 Å². The standard InChI is InChI=1S/C18H21FN2/c1-13-10-14-6-2-5-9-17(14)21(12-13)18(11-20)15-7-3-4-8-16(15)19/h2-9,13,18H,10-12,20H2,1H3. The molecule has 0 saturated carbocycles. The third-order valence-corrected chi connectivity index (χ3v) is 4.24. The van der Waals surface area contributed by atoms with Gasteiger partial charge in [0.15, 0.2) is 0 Å². The average Bonchev–Trinajstić information content (AvgIpc) is 2.49. The van der Waals surface area contributed by atoms with Gasteiger partial charge in [0.05, 0.1) is 6.04 Å². The van der Waals surface area contributed by atoms with Crippen molar-refractivity contribution in [2.45, 2.75) is 19.4 Å². The summed E-state index contributed by atoms with van der Waals surface area (Å²) in [6.45, 7) is 3.55. The lowest BCUT2D eigenvalue weighted by atomic mass is 9.91. The van der Waals surface area contributed by atoms with E-state index in [2.05, 4.69) is 30.0 Å². The molecule has 0 fully saturated rings. The van der Waals surface area contributed by atoms with Gasteiger partial charge in [-0.05, 0) is 30.0 Å². The molecule has 0 bridgehead atoms. The van der Waals surface area contributed by atoms with Gasteiger partial charge in [-0.25, -0.2) is 4.39 Å². The van der Waals surface area contributed by atoms with Gasteiger partial charge in [0.1, 0.15) is 5.82 Å². The number of para-hydroxylation sites is 1. The SMILES string of the molecule is CC1Cc2ccccc2N(C(CN)c2ccccc2F)C1. The highest BCUT2D eigenvalue weighted by Gasteiger charge is 2.28. The van der Waals surface area contributed by atoms with E-state index in [0.717, 1.165) is 13.0 Å². The third-order valence-electron chi connectivity index (χ3n) is 4.24. The number of hydrogen-bond acceptors (Lipinski definition) is 2. The van der Waals surface area contributed by atoms with Crippen LogP contribution in [-0.4, -0.2) is 13.1 Å². The maximum absolute atomic E-state index is 14.2. The lowest BCUT2D eigenvalue weighted by molar-refractivity contribution is 0.478. The Morgan fingerprint density at radius 1 is 1.19 bits per heavy atom. The van der Waals surface area contributed by atoms with Gasteiger partial charge >= 0.3 is 0 Å². The minimum absolute atomic E-state index is 0.116. The number of benzene rings is 2. The summed E-state index contributed by atoms with van der Waals surface area (Å²) in [4.78, 5) is 2.27. The van der Waals surface area contributed by atoms with E-state index in [4.69, 9.17) is 5.73 Å². The molecule has 1 aliphatic heterocycles. The van der Waals surface area contributed by atoms with Crippen molar-refractivity contribution >= 4 is 5.69 Å². The van der Waals surface area contributed by atoms with Crippen LogP contribution in [0.15, 0.2) is 48.5 Å². The zero-order valence-corrected chi connectivity index (χ0v) is 12.3. The van der Waals surface area contributed by atoms with Gasteiger partial charge in [-0.2, -0.15) is 0 Å². The van der Waals surface area contributed by atoms with Gasteiger partial charge in [0.25, 0.3) is 0 Å². The zero-order chi connectivity index (χ0) is 14.8. The predicted octanol–water partition coefficient (Wildman–Crippen LogP) is 3.52.